The highest BCUT2D eigenvalue weighted by Crippen LogP contribution is 2.43. The number of anilines is 1. The monoisotopic (exact) mass is 679 g/mol. The number of hydrogen-bond acceptors (Lipinski definition) is 5. The molecule has 6 nitrogen and oxygen atoms in total. The second-order valence-corrected chi connectivity index (χ2v) is 20.0. The Kier molecular flexibility index (Phi) is 9.48. The van der Waals surface area contributed by atoms with Gasteiger partial charge in [0.05, 0.1) is 11.5 Å². The largest absolute Gasteiger partial charge is 0.413 e. The third-order valence-electron chi connectivity index (χ3n) is 10.8. The lowest BCUT2D eigenvalue weighted by atomic mass is 9.76. The first-order chi connectivity index (χ1) is 24.1. The van der Waals surface area contributed by atoms with E-state index in [1.807, 2.05) is 0 Å². The summed E-state index contributed by atoms with van der Waals surface area (Å²) in [4.78, 5) is 12.4. The van der Waals surface area contributed by atoms with Gasteiger partial charge in [0, 0.05) is 31.9 Å². The number of benzene rings is 4. The molecule has 0 unspecified atom stereocenters. The highest BCUT2D eigenvalue weighted by Gasteiger charge is 2.42. The predicted octanol–water partition coefficient (Wildman–Crippen LogP) is 9.35. The Bertz CT molecular complexity index is 1890. The Labute approximate surface area is 298 Å². The molecule has 0 radical (unpaired) electrons. The van der Waals surface area contributed by atoms with Crippen molar-refractivity contribution in [2.75, 3.05) is 18.4 Å². The summed E-state index contributed by atoms with van der Waals surface area (Å²) in [6, 6.07) is 45.4. The smallest absolute Gasteiger partial charge is 0.192 e. The van der Waals surface area contributed by atoms with E-state index in [-0.39, 0.29) is 17.2 Å². The zero-order chi connectivity index (χ0) is 34.8. The molecule has 1 N–H and O–H groups in total. The van der Waals surface area contributed by atoms with Gasteiger partial charge in [-0.1, -0.05) is 142 Å². The van der Waals surface area contributed by atoms with Gasteiger partial charge in [-0.15, -0.1) is 0 Å². The van der Waals surface area contributed by atoms with Crippen LogP contribution in [0.25, 0.3) is 11.0 Å². The van der Waals surface area contributed by atoms with Crippen molar-refractivity contribution in [1.82, 2.24) is 19.4 Å². The fourth-order valence-corrected chi connectivity index (χ4v) is 8.74. The quantitative estimate of drug-likeness (QED) is 0.116. The maximum atomic E-state index is 7.08. The van der Waals surface area contributed by atoms with Crippen molar-refractivity contribution in [3.63, 3.8) is 0 Å². The topological polar surface area (TPSA) is 55.2 Å². The third-order valence-corrected chi connectivity index (χ3v) is 15.3. The van der Waals surface area contributed by atoms with Gasteiger partial charge in [-0.2, -0.15) is 0 Å². The Morgan fingerprint density at radius 3 is 1.80 bits per heavy atom. The maximum Gasteiger partial charge on any atom is 0.192 e. The molecule has 0 aliphatic carbocycles. The van der Waals surface area contributed by atoms with Crippen LogP contribution >= 0.6 is 0 Å². The van der Waals surface area contributed by atoms with Gasteiger partial charge in [-0.25, -0.2) is 9.97 Å². The molecular weight excluding hydrogens is 631 g/mol. The van der Waals surface area contributed by atoms with Crippen LogP contribution in [0.3, 0.4) is 0 Å². The molecule has 0 saturated carbocycles. The lowest BCUT2D eigenvalue weighted by Gasteiger charge is -2.44. The number of nitrogens with one attached hydrogen (secondary N) is 1. The average molecular weight is 680 g/mol. The standard InChI is InChI=1S/C43H49N5OSi/c1-42(2,3)50(4,5)49-38-28-37(30-47(31-38)29-33-18-10-6-11-19-33)46-40-39-26-27-48(41(39)45-32-44-40)43(34-20-12-7-13-21-34,35-22-14-8-15-23-35)36-24-16-9-17-25-36/h6-27,32,37-38H,28-31H2,1-5H3,(H,44,45,46)/t37-,38-/m1/s1. The fraction of sp³-hybridized carbons (Fsp3) is 0.302. The molecule has 1 fully saturated rings. The van der Waals surface area contributed by atoms with Crippen LogP contribution in [-0.2, 0) is 16.5 Å². The van der Waals surface area contributed by atoms with Gasteiger partial charge < -0.3 is 14.3 Å². The van der Waals surface area contributed by atoms with Gasteiger partial charge in [-0.3, -0.25) is 4.90 Å². The number of likely N-dealkylation sites (tertiary alicyclic amines) is 1. The summed E-state index contributed by atoms with van der Waals surface area (Å²) in [5.74, 6) is 0.856. The van der Waals surface area contributed by atoms with Crippen LogP contribution in [0.5, 0.6) is 0 Å². The van der Waals surface area contributed by atoms with E-state index in [9.17, 15) is 0 Å². The van der Waals surface area contributed by atoms with Crippen molar-refractivity contribution in [2.24, 2.45) is 0 Å². The molecule has 7 rings (SSSR count). The van der Waals surface area contributed by atoms with Crippen molar-refractivity contribution < 1.29 is 4.43 Å². The number of fused-ring (bicyclic) bond motifs is 1. The van der Waals surface area contributed by atoms with E-state index in [0.717, 1.165) is 59.6 Å². The molecule has 1 saturated heterocycles. The van der Waals surface area contributed by atoms with Crippen molar-refractivity contribution in [3.05, 3.63) is 162 Å². The number of rotatable bonds is 10. The van der Waals surface area contributed by atoms with Crippen LogP contribution in [0.1, 0.15) is 49.4 Å². The SMILES string of the molecule is CC(C)(C)[Si](C)(C)O[C@@H]1C[C@@H](Nc2ncnc3c2ccn3C(c2ccccc2)(c2ccccc2)c2ccccc2)CN(Cc2ccccc2)C1. The summed E-state index contributed by atoms with van der Waals surface area (Å²) in [6.45, 7) is 14.4. The van der Waals surface area contributed by atoms with Crippen molar-refractivity contribution in [3.8, 4) is 0 Å². The Morgan fingerprint density at radius 2 is 1.26 bits per heavy atom. The van der Waals surface area contributed by atoms with Crippen LogP contribution in [0.2, 0.25) is 18.1 Å². The fourth-order valence-electron chi connectivity index (χ4n) is 7.38. The Morgan fingerprint density at radius 1 is 0.720 bits per heavy atom. The molecule has 1 aliphatic heterocycles. The molecule has 2 aromatic heterocycles. The number of hydrogen-bond donors (Lipinski definition) is 1. The number of nitrogens with zero attached hydrogens (tertiary/aromatic N) is 4. The van der Waals surface area contributed by atoms with Crippen LogP contribution in [0, 0.1) is 0 Å². The highest BCUT2D eigenvalue weighted by molar-refractivity contribution is 6.74. The zero-order valence-corrected chi connectivity index (χ0v) is 31.0. The molecule has 1 aliphatic rings. The number of piperidine rings is 1. The van der Waals surface area contributed by atoms with Gasteiger partial charge >= 0.3 is 0 Å². The van der Waals surface area contributed by atoms with Crippen LogP contribution in [-0.4, -0.2) is 53.0 Å². The first-order valence-electron chi connectivity index (χ1n) is 17.8. The molecule has 6 aromatic rings. The van der Waals surface area contributed by atoms with Gasteiger partial charge in [0.25, 0.3) is 0 Å². The second-order valence-electron chi connectivity index (χ2n) is 15.2. The normalized spacial score (nSPS) is 17.5. The Balaban J connectivity index is 1.29. The minimum absolute atomic E-state index is 0.134. The molecule has 0 amide bonds. The molecule has 7 heteroatoms. The molecular formula is C43H49N5OSi. The van der Waals surface area contributed by atoms with Gasteiger partial charge in [-0.05, 0) is 52.9 Å². The molecule has 50 heavy (non-hydrogen) atoms. The predicted molar refractivity (Wildman–Crippen MR) is 208 cm³/mol. The van der Waals surface area contributed by atoms with Crippen molar-refractivity contribution >= 4 is 25.2 Å². The minimum Gasteiger partial charge on any atom is -0.413 e. The van der Waals surface area contributed by atoms with Crippen LogP contribution < -0.4 is 5.32 Å². The summed E-state index contributed by atoms with van der Waals surface area (Å²) >= 11 is 0. The van der Waals surface area contributed by atoms with Gasteiger partial charge in [0.15, 0.2) is 8.32 Å². The third kappa shape index (κ3) is 6.65. The zero-order valence-electron chi connectivity index (χ0n) is 30.0. The first-order valence-corrected chi connectivity index (χ1v) is 20.8. The lowest BCUT2D eigenvalue weighted by molar-refractivity contribution is 0.0675. The summed E-state index contributed by atoms with van der Waals surface area (Å²) < 4.78 is 9.42. The van der Waals surface area contributed by atoms with E-state index < -0.39 is 13.9 Å². The highest BCUT2D eigenvalue weighted by atomic mass is 28.4. The van der Waals surface area contributed by atoms with Crippen molar-refractivity contribution in [1.29, 1.82) is 0 Å². The Hall–Kier alpha value is -4.56. The van der Waals surface area contributed by atoms with Crippen LogP contribution in [0.15, 0.2) is 140 Å². The number of aromatic nitrogens is 3. The lowest BCUT2D eigenvalue weighted by Crippen LogP contribution is -2.53. The molecule has 0 spiro atoms. The summed E-state index contributed by atoms with van der Waals surface area (Å²) in [5.41, 5.74) is 5.04. The van der Waals surface area contributed by atoms with E-state index in [4.69, 9.17) is 14.4 Å². The molecule has 3 heterocycles. The maximum absolute atomic E-state index is 7.08. The first kappa shape index (κ1) is 33.9. The van der Waals surface area contributed by atoms with Crippen molar-refractivity contribution in [2.45, 2.75) is 69.6 Å². The molecule has 256 valence electrons. The summed E-state index contributed by atoms with van der Waals surface area (Å²) in [5, 5.41) is 5.05. The molecule has 0 bridgehead atoms. The van der Waals surface area contributed by atoms with E-state index >= 15 is 0 Å². The van der Waals surface area contributed by atoms with E-state index in [2.05, 4.69) is 182 Å². The van der Waals surface area contributed by atoms with Crippen LogP contribution in [0.4, 0.5) is 5.82 Å². The molecule has 4 aromatic carbocycles. The van der Waals surface area contributed by atoms with Gasteiger partial charge in [0.2, 0.25) is 0 Å². The average Bonchev–Trinajstić information content (AvgIpc) is 3.55. The van der Waals surface area contributed by atoms with Gasteiger partial charge in [0.1, 0.15) is 23.3 Å². The van der Waals surface area contributed by atoms with E-state index in [1.165, 1.54) is 5.56 Å². The van der Waals surface area contributed by atoms with E-state index in [0.29, 0.717) is 0 Å². The van der Waals surface area contributed by atoms with E-state index in [1.54, 1.807) is 6.33 Å². The molecule has 2 atom stereocenters. The summed E-state index contributed by atoms with van der Waals surface area (Å²) in [6.07, 6.45) is 4.95. The second kappa shape index (κ2) is 14.0. The summed E-state index contributed by atoms with van der Waals surface area (Å²) in [7, 11) is -1.98. The minimum atomic E-state index is -1.98.